The van der Waals surface area contributed by atoms with Crippen LogP contribution in [-0.2, 0) is 0 Å². The van der Waals surface area contributed by atoms with Crippen LogP contribution in [0.25, 0.3) is 5.70 Å². The topological polar surface area (TPSA) is 86.8 Å². The average molecular weight is 315 g/mol. The second-order valence-electron chi connectivity index (χ2n) is 6.07. The second-order valence-corrected chi connectivity index (χ2v) is 6.07. The average Bonchev–Trinajstić information content (AvgIpc) is 3.38. The van der Waals surface area contributed by atoms with Gasteiger partial charge in [0.2, 0.25) is 0 Å². The number of rotatable bonds is 10. The van der Waals surface area contributed by atoms with Gasteiger partial charge in [0.05, 0.1) is 17.1 Å². The maximum atomic E-state index is 8.62. The molecule has 1 unspecified atom stereocenters. The van der Waals surface area contributed by atoms with E-state index >= 15 is 0 Å². The molecule has 1 aliphatic rings. The third-order valence-corrected chi connectivity index (χ3v) is 4.08. The first kappa shape index (κ1) is 17.6. The lowest BCUT2D eigenvalue weighted by atomic mass is 9.98. The predicted molar refractivity (Wildman–Crippen MR) is 96.5 cm³/mol. The van der Waals surface area contributed by atoms with Gasteiger partial charge in [0.25, 0.3) is 0 Å². The Morgan fingerprint density at radius 1 is 1.43 bits per heavy atom. The Labute approximate surface area is 139 Å². The van der Waals surface area contributed by atoms with E-state index in [-0.39, 0.29) is 6.04 Å². The summed E-state index contributed by atoms with van der Waals surface area (Å²) in [7, 11) is 0. The van der Waals surface area contributed by atoms with Gasteiger partial charge in [-0.05, 0) is 56.9 Å². The first-order valence-electron chi connectivity index (χ1n) is 8.60. The third-order valence-electron chi connectivity index (χ3n) is 4.08. The number of aromatic nitrogens is 1. The summed E-state index contributed by atoms with van der Waals surface area (Å²) in [5.74, 6) is 0. The SMILES string of the molecule is CC/C(C(=N)C(C)NC1CC1)=C(/NCCCN)c1ccccn1. The van der Waals surface area contributed by atoms with Crippen LogP contribution in [0, 0.1) is 5.41 Å². The fourth-order valence-corrected chi connectivity index (χ4v) is 2.63. The molecule has 0 aliphatic heterocycles. The van der Waals surface area contributed by atoms with Crippen molar-refractivity contribution in [2.75, 3.05) is 13.1 Å². The molecule has 1 aromatic rings. The van der Waals surface area contributed by atoms with Gasteiger partial charge in [-0.2, -0.15) is 0 Å². The van der Waals surface area contributed by atoms with Crippen LogP contribution < -0.4 is 16.4 Å². The normalized spacial score (nSPS) is 16.7. The Hall–Kier alpha value is -1.72. The second kappa shape index (κ2) is 8.79. The Bertz CT molecular complexity index is 534. The maximum absolute atomic E-state index is 8.62. The standard InChI is InChI=1S/C18H29N5/c1-3-15(17(20)13(2)23-14-8-9-14)18(22-12-6-10-19)16-7-4-5-11-21-16/h4-5,7,11,13-14,20,22-23H,3,6,8-10,12,19H2,1-2H3/b18-15-,20-17?. The molecule has 5 nitrogen and oxygen atoms in total. The van der Waals surface area contributed by atoms with E-state index in [0.29, 0.717) is 18.3 Å². The van der Waals surface area contributed by atoms with Gasteiger partial charge in [-0.3, -0.25) is 4.98 Å². The molecule has 1 aliphatic carbocycles. The summed E-state index contributed by atoms with van der Waals surface area (Å²) < 4.78 is 0. The summed E-state index contributed by atoms with van der Waals surface area (Å²) in [4.78, 5) is 4.47. The largest absolute Gasteiger partial charge is 0.383 e. The highest BCUT2D eigenvalue weighted by molar-refractivity contribution is 6.06. The van der Waals surface area contributed by atoms with E-state index in [1.165, 1.54) is 12.8 Å². The number of hydrogen-bond donors (Lipinski definition) is 4. The van der Waals surface area contributed by atoms with E-state index in [1.54, 1.807) is 6.20 Å². The van der Waals surface area contributed by atoms with Gasteiger partial charge in [0.1, 0.15) is 0 Å². The van der Waals surface area contributed by atoms with Crippen LogP contribution in [0.5, 0.6) is 0 Å². The van der Waals surface area contributed by atoms with E-state index in [9.17, 15) is 0 Å². The summed E-state index contributed by atoms with van der Waals surface area (Å²) in [5, 5.41) is 15.6. The van der Waals surface area contributed by atoms with Crippen molar-refractivity contribution in [1.82, 2.24) is 15.6 Å². The fourth-order valence-electron chi connectivity index (χ4n) is 2.63. The Morgan fingerprint density at radius 3 is 2.78 bits per heavy atom. The summed E-state index contributed by atoms with van der Waals surface area (Å²) >= 11 is 0. The Kier molecular flexibility index (Phi) is 6.74. The van der Waals surface area contributed by atoms with Gasteiger partial charge in [-0.1, -0.05) is 13.0 Å². The van der Waals surface area contributed by atoms with Crippen LogP contribution in [0.3, 0.4) is 0 Å². The summed E-state index contributed by atoms with van der Waals surface area (Å²) in [6.45, 7) is 5.62. The van der Waals surface area contributed by atoms with Gasteiger partial charge < -0.3 is 21.8 Å². The molecule has 5 N–H and O–H groups in total. The molecule has 0 spiro atoms. The minimum atomic E-state index is 0.0625. The molecule has 126 valence electrons. The smallest absolute Gasteiger partial charge is 0.0864 e. The highest BCUT2D eigenvalue weighted by atomic mass is 15.0. The minimum Gasteiger partial charge on any atom is -0.383 e. The molecule has 0 aromatic carbocycles. The van der Waals surface area contributed by atoms with Crippen LogP contribution in [0.1, 0.15) is 45.2 Å². The number of nitrogens with two attached hydrogens (primary N) is 1. The van der Waals surface area contributed by atoms with Crippen molar-refractivity contribution in [3.8, 4) is 0 Å². The molecule has 1 heterocycles. The number of hydrogen-bond acceptors (Lipinski definition) is 5. The molecule has 1 atom stereocenters. The molecule has 5 heteroatoms. The van der Waals surface area contributed by atoms with E-state index in [0.717, 1.165) is 36.4 Å². The van der Waals surface area contributed by atoms with Gasteiger partial charge >= 0.3 is 0 Å². The molecule has 1 aromatic heterocycles. The fraction of sp³-hybridized carbons (Fsp3) is 0.556. The van der Waals surface area contributed by atoms with Gasteiger partial charge in [-0.15, -0.1) is 0 Å². The molecular weight excluding hydrogens is 286 g/mol. The molecule has 1 fully saturated rings. The number of pyridine rings is 1. The van der Waals surface area contributed by atoms with Crippen LogP contribution >= 0.6 is 0 Å². The molecule has 1 saturated carbocycles. The van der Waals surface area contributed by atoms with Crippen LogP contribution in [0.2, 0.25) is 0 Å². The van der Waals surface area contributed by atoms with Crippen molar-refractivity contribution >= 4 is 11.4 Å². The van der Waals surface area contributed by atoms with Crippen molar-refractivity contribution < 1.29 is 0 Å². The van der Waals surface area contributed by atoms with Gasteiger partial charge in [-0.25, -0.2) is 0 Å². The van der Waals surface area contributed by atoms with Crippen LogP contribution in [-0.4, -0.2) is 35.9 Å². The number of nitrogens with one attached hydrogen (secondary N) is 3. The highest BCUT2D eigenvalue weighted by Gasteiger charge is 2.26. The summed E-state index contributed by atoms with van der Waals surface area (Å²) in [6.07, 6.45) is 5.95. The van der Waals surface area contributed by atoms with Crippen LogP contribution in [0.15, 0.2) is 30.0 Å². The summed E-state index contributed by atoms with van der Waals surface area (Å²) in [5.41, 5.74) is 9.15. The predicted octanol–water partition coefficient (Wildman–Crippen LogP) is 2.30. The maximum Gasteiger partial charge on any atom is 0.0864 e. The lowest BCUT2D eigenvalue weighted by Gasteiger charge is -2.21. The summed E-state index contributed by atoms with van der Waals surface area (Å²) in [6, 6.07) is 6.54. The first-order valence-corrected chi connectivity index (χ1v) is 8.60. The zero-order chi connectivity index (χ0) is 16.7. The van der Waals surface area contributed by atoms with E-state index in [1.807, 2.05) is 18.2 Å². The van der Waals surface area contributed by atoms with Crippen molar-refractivity contribution in [3.05, 3.63) is 35.7 Å². The van der Waals surface area contributed by atoms with E-state index < -0.39 is 0 Å². The van der Waals surface area contributed by atoms with Crippen molar-refractivity contribution in [2.45, 2.75) is 51.6 Å². The van der Waals surface area contributed by atoms with Gasteiger partial charge in [0.15, 0.2) is 0 Å². The zero-order valence-corrected chi connectivity index (χ0v) is 14.2. The molecule has 23 heavy (non-hydrogen) atoms. The monoisotopic (exact) mass is 315 g/mol. The molecule has 0 saturated heterocycles. The lowest BCUT2D eigenvalue weighted by Crippen LogP contribution is -2.37. The third kappa shape index (κ3) is 5.15. The molecule has 0 bridgehead atoms. The lowest BCUT2D eigenvalue weighted by molar-refractivity contribution is 0.649. The number of nitrogens with zero attached hydrogens (tertiary/aromatic N) is 1. The Morgan fingerprint density at radius 2 is 2.22 bits per heavy atom. The van der Waals surface area contributed by atoms with Gasteiger partial charge in [0, 0.05) is 24.8 Å². The van der Waals surface area contributed by atoms with Crippen LogP contribution in [0.4, 0.5) is 0 Å². The highest BCUT2D eigenvalue weighted by Crippen LogP contribution is 2.23. The molecule has 0 amide bonds. The van der Waals surface area contributed by atoms with Crippen molar-refractivity contribution in [1.29, 1.82) is 5.41 Å². The molecule has 0 radical (unpaired) electrons. The molecular formula is C18H29N5. The molecule has 2 rings (SSSR count). The quantitative estimate of drug-likeness (QED) is 0.394. The Balaban J connectivity index is 2.25. The van der Waals surface area contributed by atoms with Crippen molar-refractivity contribution in [3.63, 3.8) is 0 Å². The van der Waals surface area contributed by atoms with E-state index in [4.69, 9.17) is 11.1 Å². The van der Waals surface area contributed by atoms with E-state index in [2.05, 4.69) is 29.5 Å². The zero-order valence-electron chi connectivity index (χ0n) is 14.2. The van der Waals surface area contributed by atoms with Crippen molar-refractivity contribution in [2.24, 2.45) is 5.73 Å². The minimum absolute atomic E-state index is 0.0625. The first-order chi connectivity index (χ1) is 11.2.